The molecule has 1 atom stereocenters. The number of carbonyl (C=O) groups is 2. The lowest BCUT2D eigenvalue weighted by molar-refractivity contribution is -0.127. The van der Waals surface area contributed by atoms with Gasteiger partial charge in [-0.25, -0.2) is 0 Å². The standard InChI is InChI=1S/C20H23N3O2/c24-19(12-17-8-4-10-21-14-17)22-18-13-20(25)23(15-18)11-5-9-16-6-2-1-3-7-16/h1-4,6-8,10,14,18H,5,9,11-13,15H2,(H,22,24). The summed E-state index contributed by atoms with van der Waals surface area (Å²) in [6, 6.07) is 13.9. The second kappa shape index (κ2) is 8.42. The molecule has 0 saturated carbocycles. The number of pyridine rings is 1. The number of likely N-dealkylation sites (tertiary alicyclic amines) is 1. The van der Waals surface area contributed by atoms with Crippen molar-refractivity contribution in [3.8, 4) is 0 Å². The van der Waals surface area contributed by atoms with Crippen LogP contribution in [0, 0.1) is 0 Å². The third-order valence-electron chi connectivity index (χ3n) is 4.40. The van der Waals surface area contributed by atoms with Gasteiger partial charge in [-0.2, -0.15) is 0 Å². The Bertz CT molecular complexity index is 703. The third-order valence-corrected chi connectivity index (χ3v) is 4.40. The predicted molar refractivity (Wildman–Crippen MR) is 95.8 cm³/mol. The van der Waals surface area contributed by atoms with E-state index in [-0.39, 0.29) is 17.9 Å². The minimum atomic E-state index is -0.0894. The van der Waals surface area contributed by atoms with E-state index in [1.807, 2.05) is 35.2 Å². The predicted octanol–water partition coefficient (Wildman–Crippen LogP) is 1.97. The lowest BCUT2D eigenvalue weighted by atomic mass is 10.1. The van der Waals surface area contributed by atoms with Crippen molar-refractivity contribution < 1.29 is 9.59 Å². The number of rotatable bonds is 7. The Kier molecular flexibility index (Phi) is 5.77. The summed E-state index contributed by atoms with van der Waals surface area (Å²) in [4.78, 5) is 30.1. The summed E-state index contributed by atoms with van der Waals surface area (Å²) in [7, 11) is 0. The molecule has 0 aliphatic carbocycles. The van der Waals surface area contributed by atoms with Crippen LogP contribution in [0.15, 0.2) is 54.9 Å². The zero-order valence-electron chi connectivity index (χ0n) is 14.2. The Balaban J connectivity index is 1.41. The highest BCUT2D eigenvalue weighted by Crippen LogP contribution is 2.13. The van der Waals surface area contributed by atoms with Crippen molar-refractivity contribution in [2.24, 2.45) is 0 Å². The SMILES string of the molecule is O=C(Cc1cccnc1)NC1CC(=O)N(CCCc2ccccc2)C1. The van der Waals surface area contributed by atoms with Crippen LogP contribution in [0.1, 0.15) is 24.0 Å². The van der Waals surface area contributed by atoms with Crippen molar-refractivity contribution in [1.29, 1.82) is 0 Å². The fourth-order valence-corrected chi connectivity index (χ4v) is 3.17. The van der Waals surface area contributed by atoms with Crippen LogP contribution in [0.5, 0.6) is 0 Å². The third kappa shape index (κ3) is 5.14. The maximum atomic E-state index is 12.1. The van der Waals surface area contributed by atoms with Crippen LogP contribution in [-0.4, -0.2) is 40.8 Å². The maximum Gasteiger partial charge on any atom is 0.224 e. The molecule has 1 aliphatic heterocycles. The Morgan fingerprint density at radius 2 is 1.96 bits per heavy atom. The molecule has 5 nitrogen and oxygen atoms in total. The first-order chi connectivity index (χ1) is 12.2. The fraction of sp³-hybridized carbons (Fsp3) is 0.350. The second-order valence-electron chi connectivity index (χ2n) is 6.44. The molecule has 0 spiro atoms. The Morgan fingerprint density at radius 1 is 1.16 bits per heavy atom. The number of nitrogens with zero attached hydrogens (tertiary/aromatic N) is 2. The molecular formula is C20H23N3O2. The first kappa shape index (κ1) is 17.1. The molecule has 0 bridgehead atoms. The van der Waals surface area contributed by atoms with Crippen LogP contribution < -0.4 is 5.32 Å². The summed E-state index contributed by atoms with van der Waals surface area (Å²) in [6.07, 6.45) is 5.96. The maximum absolute atomic E-state index is 12.1. The van der Waals surface area contributed by atoms with Gasteiger partial charge < -0.3 is 10.2 Å². The van der Waals surface area contributed by atoms with E-state index in [9.17, 15) is 9.59 Å². The number of aromatic nitrogens is 1. The zero-order valence-corrected chi connectivity index (χ0v) is 14.2. The molecular weight excluding hydrogens is 314 g/mol. The van der Waals surface area contributed by atoms with Crippen molar-refractivity contribution >= 4 is 11.8 Å². The van der Waals surface area contributed by atoms with Gasteiger partial charge in [-0.3, -0.25) is 14.6 Å². The molecule has 5 heteroatoms. The van der Waals surface area contributed by atoms with E-state index in [0.29, 0.717) is 19.4 Å². The summed E-state index contributed by atoms with van der Waals surface area (Å²) >= 11 is 0. The van der Waals surface area contributed by atoms with Crippen molar-refractivity contribution in [3.05, 3.63) is 66.0 Å². The van der Waals surface area contributed by atoms with Gasteiger partial charge in [0, 0.05) is 31.9 Å². The van der Waals surface area contributed by atoms with E-state index in [1.54, 1.807) is 12.4 Å². The van der Waals surface area contributed by atoms with E-state index >= 15 is 0 Å². The number of hydrogen-bond acceptors (Lipinski definition) is 3. The van der Waals surface area contributed by atoms with Crippen LogP contribution >= 0.6 is 0 Å². The molecule has 1 aromatic heterocycles. The fourth-order valence-electron chi connectivity index (χ4n) is 3.17. The summed E-state index contributed by atoms with van der Waals surface area (Å²) in [5.74, 6) is 0.0664. The lowest BCUT2D eigenvalue weighted by Gasteiger charge is -2.17. The van der Waals surface area contributed by atoms with E-state index in [0.717, 1.165) is 24.9 Å². The molecule has 1 aliphatic rings. The Labute approximate surface area is 148 Å². The number of hydrogen-bond donors (Lipinski definition) is 1. The summed E-state index contributed by atoms with van der Waals surface area (Å²) < 4.78 is 0. The molecule has 1 fully saturated rings. The molecule has 3 rings (SSSR count). The topological polar surface area (TPSA) is 62.3 Å². The molecule has 0 radical (unpaired) electrons. The molecule has 2 heterocycles. The van der Waals surface area contributed by atoms with Gasteiger partial charge in [0.2, 0.25) is 11.8 Å². The Hall–Kier alpha value is -2.69. The zero-order chi connectivity index (χ0) is 17.5. The van der Waals surface area contributed by atoms with Gasteiger partial charge in [0.1, 0.15) is 0 Å². The monoisotopic (exact) mass is 337 g/mol. The van der Waals surface area contributed by atoms with Crippen LogP contribution in [-0.2, 0) is 22.4 Å². The van der Waals surface area contributed by atoms with Gasteiger partial charge in [-0.05, 0) is 30.0 Å². The average Bonchev–Trinajstić information content (AvgIpc) is 2.96. The largest absolute Gasteiger partial charge is 0.351 e. The molecule has 2 aromatic rings. The van der Waals surface area contributed by atoms with Crippen LogP contribution in [0.4, 0.5) is 0 Å². The number of aryl methyl sites for hydroxylation is 1. The Morgan fingerprint density at radius 3 is 2.72 bits per heavy atom. The van der Waals surface area contributed by atoms with Gasteiger partial charge in [0.25, 0.3) is 0 Å². The molecule has 25 heavy (non-hydrogen) atoms. The lowest BCUT2D eigenvalue weighted by Crippen LogP contribution is -2.38. The highest BCUT2D eigenvalue weighted by atomic mass is 16.2. The smallest absolute Gasteiger partial charge is 0.224 e. The highest BCUT2D eigenvalue weighted by Gasteiger charge is 2.29. The molecule has 1 aromatic carbocycles. The van der Waals surface area contributed by atoms with E-state index < -0.39 is 0 Å². The average molecular weight is 337 g/mol. The van der Waals surface area contributed by atoms with E-state index in [4.69, 9.17) is 0 Å². The first-order valence-electron chi connectivity index (χ1n) is 8.70. The van der Waals surface area contributed by atoms with Gasteiger partial charge in [-0.15, -0.1) is 0 Å². The normalized spacial score (nSPS) is 16.9. The van der Waals surface area contributed by atoms with Crippen molar-refractivity contribution in [3.63, 3.8) is 0 Å². The van der Waals surface area contributed by atoms with Gasteiger partial charge in [0.15, 0.2) is 0 Å². The molecule has 130 valence electrons. The number of nitrogens with one attached hydrogen (secondary N) is 1. The van der Waals surface area contributed by atoms with E-state index in [1.165, 1.54) is 5.56 Å². The highest BCUT2D eigenvalue weighted by molar-refractivity contribution is 5.83. The van der Waals surface area contributed by atoms with Crippen molar-refractivity contribution in [1.82, 2.24) is 15.2 Å². The summed E-state index contributed by atoms with van der Waals surface area (Å²) in [5.41, 5.74) is 2.17. The van der Waals surface area contributed by atoms with Crippen LogP contribution in [0.2, 0.25) is 0 Å². The minimum Gasteiger partial charge on any atom is -0.351 e. The molecule has 1 unspecified atom stereocenters. The van der Waals surface area contributed by atoms with Crippen molar-refractivity contribution in [2.75, 3.05) is 13.1 Å². The van der Waals surface area contributed by atoms with Gasteiger partial charge >= 0.3 is 0 Å². The second-order valence-corrected chi connectivity index (χ2v) is 6.44. The summed E-state index contributed by atoms with van der Waals surface area (Å²) in [5, 5.41) is 2.97. The van der Waals surface area contributed by atoms with Crippen molar-refractivity contribution in [2.45, 2.75) is 31.7 Å². The molecule has 2 amide bonds. The van der Waals surface area contributed by atoms with Gasteiger partial charge in [-0.1, -0.05) is 36.4 Å². The molecule has 1 N–H and O–H groups in total. The number of amides is 2. The summed E-state index contributed by atoms with van der Waals surface area (Å²) in [6.45, 7) is 1.34. The van der Waals surface area contributed by atoms with Crippen LogP contribution in [0.3, 0.4) is 0 Å². The quantitative estimate of drug-likeness (QED) is 0.840. The molecule has 1 saturated heterocycles. The van der Waals surface area contributed by atoms with E-state index in [2.05, 4.69) is 22.4 Å². The van der Waals surface area contributed by atoms with Gasteiger partial charge in [0.05, 0.1) is 12.5 Å². The number of carbonyl (C=O) groups excluding carboxylic acids is 2. The van der Waals surface area contributed by atoms with Crippen LogP contribution in [0.25, 0.3) is 0 Å². The minimum absolute atomic E-state index is 0.0584. The number of benzene rings is 1. The first-order valence-corrected chi connectivity index (χ1v) is 8.70.